The van der Waals surface area contributed by atoms with Crippen LogP contribution in [0.25, 0.3) is 0 Å². The number of nitrogens with zero attached hydrogens (tertiary/aromatic N) is 3. The summed E-state index contributed by atoms with van der Waals surface area (Å²) in [6.07, 6.45) is 7.27. The number of amides is 1. The van der Waals surface area contributed by atoms with E-state index in [1.807, 2.05) is 18.5 Å². The van der Waals surface area contributed by atoms with Gasteiger partial charge in [0.25, 0.3) is 5.91 Å². The topological polar surface area (TPSA) is 81.1 Å². The van der Waals surface area contributed by atoms with E-state index in [1.165, 1.54) is 0 Å². The third-order valence-corrected chi connectivity index (χ3v) is 4.43. The second kappa shape index (κ2) is 8.80. The van der Waals surface area contributed by atoms with Crippen LogP contribution in [0.5, 0.6) is 0 Å². The zero-order valence-electron chi connectivity index (χ0n) is 15.4. The van der Waals surface area contributed by atoms with Gasteiger partial charge in [0.05, 0.1) is 18.2 Å². The van der Waals surface area contributed by atoms with Gasteiger partial charge >= 0.3 is 0 Å². The summed E-state index contributed by atoms with van der Waals surface area (Å²) in [4.78, 5) is 20.9. The predicted octanol–water partition coefficient (Wildman–Crippen LogP) is 2.42. The van der Waals surface area contributed by atoms with Gasteiger partial charge in [-0.3, -0.25) is 4.79 Å². The van der Waals surface area contributed by atoms with Crippen molar-refractivity contribution in [1.82, 2.24) is 19.9 Å². The van der Waals surface area contributed by atoms with Crippen molar-refractivity contribution in [3.05, 3.63) is 42.1 Å². The Morgan fingerprint density at radius 2 is 2.27 bits per heavy atom. The molecule has 26 heavy (non-hydrogen) atoms. The maximum Gasteiger partial charge on any atom is 0.252 e. The van der Waals surface area contributed by atoms with Crippen molar-refractivity contribution >= 4 is 11.7 Å². The second-order valence-electron chi connectivity index (χ2n) is 6.88. The summed E-state index contributed by atoms with van der Waals surface area (Å²) in [5, 5.41) is 6.26. The molecule has 7 nitrogen and oxygen atoms in total. The number of carbonyl (C=O) groups excluding carboxylic acids is 1. The van der Waals surface area contributed by atoms with Crippen molar-refractivity contribution in [2.24, 2.45) is 0 Å². The Kier molecular flexibility index (Phi) is 6.22. The van der Waals surface area contributed by atoms with Crippen LogP contribution >= 0.6 is 0 Å². The number of ether oxygens (including phenoxy) is 1. The normalized spacial score (nSPS) is 16.8. The van der Waals surface area contributed by atoms with E-state index in [0.717, 1.165) is 37.6 Å². The van der Waals surface area contributed by atoms with E-state index < -0.39 is 0 Å². The molecule has 2 N–H and O–H groups in total. The van der Waals surface area contributed by atoms with Crippen LogP contribution in [0, 0.1) is 0 Å². The number of nitrogens with one attached hydrogen (secondary N) is 2. The van der Waals surface area contributed by atoms with E-state index in [4.69, 9.17) is 4.74 Å². The fraction of sp³-hybridized carbons (Fsp3) is 0.526. The lowest BCUT2D eigenvalue weighted by Crippen LogP contribution is -2.26. The quantitative estimate of drug-likeness (QED) is 0.709. The standard InChI is InChI=1S/C19H27N5O2/c1-14(2)18-20-8-10-24(18)9-3-7-21-19(25)15-4-5-17(22-12-15)23-16-6-11-26-13-16/h4-5,8,10,12,14,16H,3,6-7,9,11,13H2,1-2H3,(H,21,25)(H,22,23)/t16-/m1/s1. The molecular weight excluding hydrogens is 330 g/mol. The molecule has 0 unspecified atom stereocenters. The molecule has 3 heterocycles. The number of anilines is 1. The Morgan fingerprint density at radius 1 is 1.38 bits per heavy atom. The van der Waals surface area contributed by atoms with Gasteiger partial charge in [-0.1, -0.05) is 13.8 Å². The SMILES string of the molecule is CC(C)c1nccn1CCCNC(=O)c1ccc(N[C@@H]2CCOC2)nc1. The molecule has 1 aliphatic rings. The summed E-state index contributed by atoms with van der Waals surface area (Å²) in [5.41, 5.74) is 0.573. The molecule has 2 aromatic heterocycles. The maximum atomic E-state index is 12.2. The molecule has 2 aromatic rings. The molecule has 0 bridgehead atoms. The number of pyridine rings is 1. The lowest BCUT2D eigenvalue weighted by Gasteiger charge is -2.12. The number of hydrogen-bond acceptors (Lipinski definition) is 5. The minimum Gasteiger partial charge on any atom is -0.379 e. The van der Waals surface area contributed by atoms with Crippen molar-refractivity contribution in [1.29, 1.82) is 0 Å². The number of aryl methyl sites for hydroxylation is 1. The predicted molar refractivity (Wildman–Crippen MR) is 100 cm³/mol. The zero-order valence-corrected chi connectivity index (χ0v) is 15.4. The smallest absolute Gasteiger partial charge is 0.252 e. The van der Waals surface area contributed by atoms with Crippen LogP contribution in [0.4, 0.5) is 5.82 Å². The van der Waals surface area contributed by atoms with Crippen LogP contribution < -0.4 is 10.6 Å². The monoisotopic (exact) mass is 357 g/mol. The Hall–Kier alpha value is -2.41. The number of carbonyl (C=O) groups is 1. The fourth-order valence-corrected chi connectivity index (χ4v) is 3.03. The van der Waals surface area contributed by atoms with Crippen LogP contribution in [0.15, 0.2) is 30.7 Å². The van der Waals surface area contributed by atoms with Crippen LogP contribution in [0.1, 0.15) is 48.8 Å². The minimum atomic E-state index is -0.0945. The Labute approximate surface area is 154 Å². The molecule has 0 aromatic carbocycles. The molecule has 1 saturated heterocycles. The number of aromatic nitrogens is 3. The lowest BCUT2D eigenvalue weighted by molar-refractivity contribution is 0.0952. The van der Waals surface area contributed by atoms with Crippen LogP contribution in [0.3, 0.4) is 0 Å². The van der Waals surface area contributed by atoms with E-state index in [2.05, 4.69) is 39.0 Å². The highest BCUT2D eigenvalue weighted by atomic mass is 16.5. The highest BCUT2D eigenvalue weighted by Gasteiger charge is 2.15. The maximum absolute atomic E-state index is 12.2. The van der Waals surface area contributed by atoms with Crippen LogP contribution in [0.2, 0.25) is 0 Å². The van der Waals surface area contributed by atoms with E-state index in [-0.39, 0.29) is 5.91 Å². The van der Waals surface area contributed by atoms with E-state index in [0.29, 0.717) is 30.7 Å². The van der Waals surface area contributed by atoms with Gasteiger partial charge in [0, 0.05) is 44.2 Å². The van der Waals surface area contributed by atoms with Gasteiger partial charge in [-0.25, -0.2) is 9.97 Å². The number of hydrogen-bond donors (Lipinski definition) is 2. The molecule has 1 atom stereocenters. The third-order valence-electron chi connectivity index (χ3n) is 4.43. The van der Waals surface area contributed by atoms with E-state index >= 15 is 0 Å². The first kappa shape index (κ1) is 18.4. The van der Waals surface area contributed by atoms with Gasteiger partial charge in [-0.05, 0) is 25.0 Å². The van der Waals surface area contributed by atoms with E-state index in [1.54, 1.807) is 12.3 Å². The summed E-state index contributed by atoms with van der Waals surface area (Å²) in [5.74, 6) is 2.16. The van der Waals surface area contributed by atoms with Crippen molar-refractivity contribution < 1.29 is 9.53 Å². The molecule has 140 valence electrons. The molecule has 0 radical (unpaired) electrons. The molecular formula is C19H27N5O2. The summed E-state index contributed by atoms with van der Waals surface area (Å²) in [6, 6.07) is 3.95. The van der Waals surface area contributed by atoms with Crippen LogP contribution in [-0.4, -0.2) is 46.2 Å². The van der Waals surface area contributed by atoms with Crippen molar-refractivity contribution in [2.45, 2.75) is 45.2 Å². The van der Waals surface area contributed by atoms with Gasteiger partial charge in [-0.15, -0.1) is 0 Å². The first-order valence-corrected chi connectivity index (χ1v) is 9.23. The molecule has 7 heteroatoms. The van der Waals surface area contributed by atoms with Crippen molar-refractivity contribution in [3.8, 4) is 0 Å². The average Bonchev–Trinajstić information content (AvgIpc) is 3.31. The van der Waals surface area contributed by atoms with Crippen molar-refractivity contribution in [2.75, 3.05) is 25.1 Å². The van der Waals surface area contributed by atoms with Gasteiger partial charge in [0.2, 0.25) is 0 Å². The molecule has 1 aliphatic heterocycles. The van der Waals surface area contributed by atoms with Crippen molar-refractivity contribution in [3.63, 3.8) is 0 Å². The summed E-state index contributed by atoms with van der Waals surface area (Å²) < 4.78 is 7.48. The highest BCUT2D eigenvalue weighted by Crippen LogP contribution is 2.13. The fourth-order valence-electron chi connectivity index (χ4n) is 3.03. The van der Waals surface area contributed by atoms with Gasteiger partial charge in [0.15, 0.2) is 0 Å². The largest absolute Gasteiger partial charge is 0.379 e. The minimum absolute atomic E-state index is 0.0945. The third kappa shape index (κ3) is 4.82. The Bertz CT molecular complexity index is 705. The first-order chi connectivity index (χ1) is 12.6. The van der Waals surface area contributed by atoms with Gasteiger partial charge in [-0.2, -0.15) is 0 Å². The summed E-state index contributed by atoms with van der Waals surface area (Å²) in [7, 11) is 0. The lowest BCUT2D eigenvalue weighted by atomic mass is 10.2. The molecule has 0 aliphatic carbocycles. The highest BCUT2D eigenvalue weighted by molar-refractivity contribution is 5.94. The Morgan fingerprint density at radius 3 is 2.96 bits per heavy atom. The molecule has 0 spiro atoms. The first-order valence-electron chi connectivity index (χ1n) is 9.23. The molecule has 1 amide bonds. The second-order valence-corrected chi connectivity index (χ2v) is 6.88. The Balaban J connectivity index is 1.42. The van der Waals surface area contributed by atoms with Gasteiger partial charge in [0.1, 0.15) is 11.6 Å². The zero-order chi connectivity index (χ0) is 18.4. The van der Waals surface area contributed by atoms with Crippen LogP contribution in [-0.2, 0) is 11.3 Å². The average molecular weight is 357 g/mol. The number of imidazole rings is 1. The molecule has 0 saturated carbocycles. The summed E-state index contributed by atoms with van der Waals surface area (Å²) >= 11 is 0. The molecule has 3 rings (SSSR count). The molecule has 1 fully saturated rings. The number of rotatable bonds is 8. The summed E-state index contributed by atoms with van der Waals surface area (Å²) in [6.45, 7) is 7.22. The van der Waals surface area contributed by atoms with E-state index in [9.17, 15) is 4.79 Å². The van der Waals surface area contributed by atoms with Gasteiger partial charge < -0.3 is 19.9 Å².